The van der Waals surface area contributed by atoms with Gasteiger partial charge in [0.25, 0.3) is 0 Å². The molecule has 1 aromatic rings. The average molecular weight is 222 g/mol. The minimum absolute atomic E-state index is 0.00290. The van der Waals surface area contributed by atoms with Crippen molar-refractivity contribution in [2.45, 2.75) is 6.42 Å². The predicted octanol–water partition coefficient (Wildman–Crippen LogP) is 0.656. The van der Waals surface area contributed by atoms with Gasteiger partial charge in [-0.25, -0.2) is 4.98 Å². The number of hydrogen-bond acceptors (Lipinski definition) is 6. The van der Waals surface area contributed by atoms with Crippen molar-refractivity contribution in [2.75, 3.05) is 18.5 Å². The maximum absolute atomic E-state index is 10.7. The van der Waals surface area contributed by atoms with Gasteiger partial charge in [0, 0.05) is 25.4 Å². The van der Waals surface area contributed by atoms with Crippen molar-refractivity contribution < 1.29 is 10.0 Å². The summed E-state index contributed by atoms with van der Waals surface area (Å²) in [4.78, 5) is 13.9. The van der Waals surface area contributed by atoms with Crippen LogP contribution in [0.1, 0.15) is 12.0 Å². The quantitative estimate of drug-likeness (QED) is 0.430. The summed E-state index contributed by atoms with van der Waals surface area (Å²) in [6, 6.07) is 2.94. The van der Waals surface area contributed by atoms with E-state index in [0.717, 1.165) is 6.07 Å². The van der Waals surface area contributed by atoms with Gasteiger partial charge in [-0.1, -0.05) is 0 Å². The maximum Gasteiger partial charge on any atom is 0.312 e. The number of nitrogens with zero attached hydrogens (tertiary/aromatic N) is 3. The van der Waals surface area contributed by atoms with Crippen LogP contribution in [-0.2, 0) is 0 Å². The van der Waals surface area contributed by atoms with Crippen molar-refractivity contribution in [1.82, 2.24) is 4.98 Å². The zero-order chi connectivity index (χ0) is 12.0. The Morgan fingerprint density at radius 3 is 3.00 bits per heavy atom. The molecule has 2 N–H and O–H groups in total. The molecule has 7 heteroatoms. The molecule has 0 atom stereocenters. The summed E-state index contributed by atoms with van der Waals surface area (Å²) in [5.41, 5.74) is -0.101. The van der Waals surface area contributed by atoms with Gasteiger partial charge in [-0.05, 0) is 6.42 Å². The number of aliphatic hydroxyl groups is 1. The summed E-state index contributed by atoms with van der Waals surface area (Å²) in [5, 5.41) is 30.6. The van der Waals surface area contributed by atoms with Gasteiger partial charge in [-0.2, -0.15) is 5.26 Å². The molecule has 0 aliphatic rings. The molecule has 0 saturated heterocycles. The predicted molar refractivity (Wildman–Crippen MR) is 55.8 cm³/mol. The first kappa shape index (κ1) is 11.9. The Morgan fingerprint density at radius 2 is 2.44 bits per heavy atom. The zero-order valence-corrected chi connectivity index (χ0v) is 8.38. The van der Waals surface area contributed by atoms with Crippen LogP contribution in [0.2, 0.25) is 0 Å². The van der Waals surface area contributed by atoms with E-state index in [1.165, 1.54) is 6.20 Å². The molecule has 0 aromatic carbocycles. The van der Waals surface area contributed by atoms with Crippen molar-refractivity contribution in [1.29, 1.82) is 5.26 Å². The highest BCUT2D eigenvalue weighted by Crippen LogP contribution is 2.22. The number of pyridine rings is 1. The molecular weight excluding hydrogens is 212 g/mol. The fourth-order valence-corrected chi connectivity index (χ4v) is 1.08. The standard InChI is InChI=1S/C9H10N4O3/c10-5-7-4-8(13(15)16)9(12-6-7)11-2-1-3-14/h4,6,14H,1-3H2,(H,11,12). The van der Waals surface area contributed by atoms with Crippen LogP contribution in [-0.4, -0.2) is 28.2 Å². The Hall–Kier alpha value is -2.20. The molecule has 0 bridgehead atoms. The molecule has 0 amide bonds. The Kier molecular flexibility index (Phi) is 4.17. The summed E-state index contributed by atoms with van der Waals surface area (Å²) in [6.45, 7) is 0.382. The summed E-state index contributed by atoms with van der Waals surface area (Å²) >= 11 is 0. The van der Waals surface area contributed by atoms with Gasteiger partial charge >= 0.3 is 5.69 Å². The lowest BCUT2D eigenvalue weighted by molar-refractivity contribution is -0.384. The van der Waals surface area contributed by atoms with E-state index < -0.39 is 4.92 Å². The third-order valence-electron chi connectivity index (χ3n) is 1.82. The van der Waals surface area contributed by atoms with E-state index in [-0.39, 0.29) is 23.7 Å². The van der Waals surface area contributed by atoms with Gasteiger partial charge in [0.15, 0.2) is 0 Å². The molecule has 0 aliphatic heterocycles. The largest absolute Gasteiger partial charge is 0.396 e. The maximum atomic E-state index is 10.7. The van der Waals surface area contributed by atoms with Gasteiger partial charge in [0.05, 0.1) is 10.5 Å². The number of rotatable bonds is 5. The van der Waals surface area contributed by atoms with Crippen molar-refractivity contribution in [3.05, 3.63) is 27.9 Å². The number of aromatic nitrogens is 1. The topological polar surface area (TPSA) is 112 Å². The molecular formula is C9H10N4O3. The van der Waals surface area contributed by atoms with Crippen LogP contribution in [0.15, 0.2) is 12.3 Å². The third-order valence-corrected chi connectivity index (χ3v) is 1.82. The summed E-state index contributed by atoms with van der Waals surface area (Å²) in [5.74, 6) is 0.109. The first-order chi connectivity index (χ1) is 7.69. The molecule has 0 unspecified atom stereocenters. The lowest BCUT2D eigenvalue weighted by atomic mass is 10.2. The second-order valence-corrected chi connectivity index (χ2v) is 2.96. The van der Waals surface area contributed by atoms with Crippen molar-refractivity contribution in [2.24, 2.45) is 0 Å². The van der Waals surface area contributed by atoms with Crippen LogP contribution in [0.5, 0.6) is 0 Å². The molecule has 0 fully saturated rings. The molecule has 84 valence electrons. The van der Waals surface area contributed by atoms with Gasteiger partial charge in [-0.15, -0.1) is 0 Å². The average Bonchev–Trinajstić information content (AvgIpc) is 2.29. The van der Waals surface area contributed by atoms with Gasteiger partial charge in [-0.3, -0.25) is 10.1 Å². The molecule has 1 heterocycles. The number of anilines is 1. The van der Waals surface area contributed by atoms with E-state index in [1.54, 1.807) is 6.07 Å². The number of hydrogen-bond donors (Lipinski definition) is 2. The molecule has 0 radical (unpaired) electrons. The van der Waals surface area contributed by atoms with Gasteiger partial charge < -0.3 is 10.4 Å². The molecule has 0 saturated carbocycles. The van der Waals surface area contributed by atoms with E-state index in [2.05, 4.69) is 10.3 Å². The van der Waals surface area contributed by atoms with Crippen LogP contribution < -0.4 is 5.32 Å². The lowest BCUT2D eigenvalue weighted by Gasteiger charge is -2.04. The van der Waals surface area contributed by atoms with Crippen LogP contribution in [0.4, 0.5) is 11.5 Å². The van der Waals surface area contributed by atoms with Crippen molar-refractivity contribution >= 4 is 11.5 Å². The minimum atomic E-state index is -0.602. The highest BCUT2D eigenvalue weighted by Gasteiger charge is 2.15. The van der Waals surface area contributed by atoms with E-state index >= 15 is 0 Å². The lowest BCUT2D eigenvalue weighted by Crippen LogP contribution is -2.07. The molecule has 1 aromatic heterocycles. The second-order valence-electron chi connectivity index (χ2n) is 2.96. The minimum Gasteiger partial charge on any atom is -0.396 e. The van der Waals surface area contributed by atoms with Crippen molar-refractivity contribution in [3.63, 3.8) is 0 Å². The fourth-order valence-electron chi connectivity index (χ4n) is 1.08. The Bertz CT molecular complexity index is 427. The second kappa shape index (κ2) is 5.63. The summed E-state index contributed by atoms with van der Waals surface area (Å²) in [6.07, 6.45) is 1.73. The van der Waals surface area contributed by atoms with Crippen LogP contribution in [0.3, 0.4) is 0 Å². The number of nitro groups is 1. The first-order valence-electron chi connectivity index (χ1n) is 4.58. The number of nitriles is 1. The van der Waals surface area contributed by atoms with E-state index in [1.807, 2.05) is 0 Å². The first-order valence-corrected chi connectivity index (χ1v) is 4.58. The third kappa shape index (κ3) is 2.90. The molecule has 7 nitrogen and oxygen atoms in total. The summed E-state index contributed by atoms with van der Waals surface area (Å²) in [7, 11) is 0. The Morgan fingerprint density at radius 1 is 1.69 bits per heavy atom. The normalized spacial score (nSPS) is 9.50. The fraction of sp³-hybridized carbons (Fsp3) is 0.333. The molecule has 16 heavy (non-hydrogen) atoms. The van der Waals surface area contributed by atoms with Gasteiger partial charge in [0.2, 0.25) is 5.82 Å². The Labute approximate surface area is 91.5 Å². The van der Waals surface area contributed by atoms with Crippen LogP contribution in [0, 0.1) is 21.4 Å². The monoisotopic (exact) mass is 222 g/mol. The molecule has 0 spiro atoms. The zero-order valence-electron chi connectivity index (χ0n) is 8.38. The van der Waals surface area contributed by atoms with Crippen molar-refractivity contribution in [3.8, 4) is 6.07 Å². The molecule has 0 aliphatic carbocycles. The van der Waals surface area contributed by atoms with E-state index in [9.17, 15) is 10.1 Å². The smallest absolute Gasteiger partial charge is 0.312 e. The SMILES string of the molecule is N#Cc1cnc(NCCCO)c([N+](=O)[O-])c1. The molecule has 1 rings (SSSR count). The van der Waals surface area contributed by atoms with E-state index in [4.69, 9.17) is 10.4 Å². The number of aliphatic hydroxyl groups excluding tert-OH is 1. The van der Waals surface area contributed by atoms with Gasteiger partial charge in [0.1, 0.15) is 6.07 Å². The van der Waals surface area contributed by atoms with Crippen LogP contribution >= 0.6 is 0 Å². The highest BCUT2D eigenvalue weighted by atomic mass is 16.6. The Balaban J connectivity index is 2.91. The van der Waals surface area contributed by atoms with Crippen LogP contribution in [0.25, 0.3) is 0 Å². The van der Waals surface area contributed by atoms with E-state index in [0.29, 0.717) is 13.0 Å². The highest BCUT2D eigenvalue weighted by molar-refractivity contribution is 5.58. The summed E-state index contributed by atoms with van der Waals surface area (Å²) < 4.78 is 0. The number of nitrogens with one attached hydrogen (secondary N) is 1.